The number of methoxy groups -OCH3 is 1. The summed E-state index contributed by atoms with van der Waals surface area (Å²) in [6, 6.07) is 7.68. The van der Waals surface area contributed by atoms with Crippen molar-refractivity contribution in [2.24, 2.45) is 50.2 Å². The second kappa shape index (κ2) is 10.9. The number of aromatic nitrogens is 3. The Hall–Kier alpha value is -2.67. The van der Waals surface area contributed by atoms with Crippen molar-refractivity contribution in [1.29, 1.82) is 0 Å². The number of allylic oxidation sites excluding steroid dienone is 2. The van der Waals surface area contributed by atoms with Gasteiger partial charge in [-0.05, 0) is 121 Å². The van der Waals surface area contributed by atoms with E-state index in [-0.39, 0.29) is 51.7 Å². The fraction of sp³-hybridized carbons (Fsp3) is 0.725. The van der Waals surface area contributed by atoms with Crippen LogP contribution in [0.1, 0.15) is 118 Å². The van der Waals surface area contributed by atoms with Gasteiger partial charge in [-0.3, -0.25) is 4.79 Å². The van der Waals surface area contributed by atoms with E-state index in [2.05, 4.69) is 64.9 Å². The Balaban J connectivity index is 1.17. The van der Waals surface area contributed by atoms with Gasteiger partial charge in [-0.15, -0.1) is 5.10 Å². The van der Waals surface area contributed by atoms with E-state index in [1.54, 1.807) is 17.4 Å². The molecule has 7 nitrogen and oxygen atoms in total. The number of hydrogen-bond acceptors (Lipinski definition) is 6. The van der Waals surface area contributed by atoms with Gasteiger partial charge in [0.25, 0.3) is 0 Å². The van der Waals surface area contributed by atoms with Crippen LogP contribution in [-0.4, -0.2) is 39.3 Å². The highest BCUT2D eigenvalue weighted by Gasteiger charge is 2.69. The summed E-state index contributed by atoms with van der Waals surface area (Å²) in [6.07, 6.45) is 14.5. The lowest BCUT2D eigenvalue weighted by Gasteiger charge is -2.71. The minimum absolute atomic E-state index is 0.0470. The van der Waals surface area contributed by atoms with Crippen LogP contribution in [0.2, 0.25) is 0 Å². The first-order valence-electron chi connectivity index (χ1n) is 18.2. The first-order valence-corrected chi connectivity index (χ1v) is 18.2. The Morgan fingerprint density at radius 3 is 2.51 bits per heavy atom. The largest absolute Gasteiger partial charge is 0.497 e. The molecule has 7 heteroatoms. The Kier molecular flexibility index (Phi) is 7.63. The molecular formula is C40H57N3O4. The molecule has 4 fully saturated rings. The second-order valence-electron chi connectivity index (χ2n) is 18.2. The van der Waals surface area contributed by atoms with Crippen LogP contribution in [0, 0.1) is 50.2 Å². The topological polar surface area (TPSA) is 86.5 Å². The zero-order valence-corrected chi connectivity index (χ0v) is 30.1. The third-order valence-corrected chi connectivity index (χ3v) is 15.2. The van der Waals surface area contributed by atoms with E-state index in [9.17, 15) is 9.90 Å². The number of carbonyl (C=O) groups excluding carboxylic acids is 1. The number of hydrogen-bond donors (Lipinski definition) is 1. The number of aliphatic hydroxyl groups is 1. The van der Waals surface area contributed by atoms with Crippen molar-refractivity contribution in [3.05, 3.63) is 47.8 Å². The average Bonchev–Trinajstić information content (AvgIpc) is 3.51. The molecule has 0 spiro atoms. The van der Waals surface area contributed by atoms with Gasteiger partial charge in [0.1, 0.15) is 18.1 Å². The maximum absolute atomic E-state index is 14.4. The van der Waals surface area contributed by atoms with Crippen molar-refractivity contribution < 1.29 is 19.4 Å². The number of fused-ring (bicyclic) bond motifs is 7. The molecule has 0 bridgehead atoms. The monoisotopic (exact) mass is 643 g/mol. The van der Waals surface area contributed by atoms with Crippen molar-refractivity contribution in [3.8, 4) is 11.4 Å². The fourth-order valence-corrected chi connectivity index (χ4v) is 12.1. The third-order valence-electron chi connectivity index (χ3n) is 15.2. The highest BCUT2D eigenvalue weighted by Crippen LogP contribution is 2.75. The number of aliphatic hydroxyl groups excluding tert-OH is 1. The number of benzene rings is 1. The molecule has 0 radical (unpaired) electrons. The summed E-state index contributed by atoms with van der Waals surface area (Å²) in [4.78, 5) is 14.4. The van der Waals surface area contributed by atoms with Gasteiger partial charge in [-0.25, -0.2) is 4.68 Å². The third kappa shape index (κ3) is 4.79. The molecule has 1 aromatic heterocycles. The van der Waals surface area contributed by atoms with Gasteiger partial charge in [0.05, 0.1) is 30.5 Å². The van der Waals surface area contributed by atoms with Crippen molar-refractivity contribution in [3.63, 3.8) is 0 Å². The van der Waals surface area contributed by atoms with E-state index in [0.717, 1.165) is 62.8 Å². The van der Waals surface area contributed by atoms with Crippen molar-refractivity contribution >= 4 is 5.97 Å². The normalized spacial score (nSPS) is 40.1. The molecule has 0 unspecified atom stereocenters. The zero-order valence-electron chi connectivity index (χ0n) is 30.1. The quantitative estimate of drug-likeness (QED) is 0.260. The van der Waals surface area contributed by atoms with Crippen molar-refractivity contribution in [2.45, 2.75) is 125 Å². The fourth-order valence-electron chi connectivity index (χ4n) is 12.1. The zero-order chi connectivity index (χ0) is 33.6. The van der Waals surface area contributed by atoms with E-state index in [4.69, 9.17) is 9.47 Å². The Morgan fingerprint density at radius 2 is 1.74 bits per heavy atom. The Bertz CT molecular complexity index is 1580. The van der Waals surface area contributed by atoms with Gasteiger partial charge >= 0.3 is 5.97 Å². The summed E-state index contributed by atoms with van der Waals surface area (Å²) in [5.41, 5.74) is 3.09. The van der Waals surface area contributed by atoms with Crippen molar-refractivity contribution in [1.82, 2.24) is 15.0 Å². The summed E-state index contributed by atoms with van der Waals surface area (Å²) < 4.78 is 13.3. The van der Waals surface area contributed by atoms with Gasteiger partial charge in [0.15, 0.2) is 0 Å². The summed E-state index contributed by atoms with van der Waals surface area (Å²) in [7, 11) is 1.65. The summed E-state index contributed by atoms with van der Waals surface area (Å²) in [5, 5.41) is 19.7. The molecular weight excluding hydrogens is 586 g/mol. The second-order valence-corrected chi connectivity index (χ2v) is 18.2. The molecule has 1 aromatic carbocycles. The van der Waals surface area contributed by atoms with Crippen molar-refractivity contribution in [2.75, 3.05) is 7.11 Å². The minimum Gasteiger partial charge on any atom is -0.497 e. The minimum atomic E-state index is -0.495. The predicted molar refractivity (Wildman–Crippen MR) is 183 cm³/mol. The number of ether oxygens (including phenoxy) is 2. The van der Waals surface area contributed by atoms with Gasteiger partial charge in [0.2, 0.25) is 0 Å². The van der Waals surface area contributed by atoms with Gasteiger partial charge < -0.3 is 14.6 Å². The summed E-state index contributed by atoms with van der Waals surface area (Å²) in [5.74, 6) is 2.00. The van der Waals surface area contributed by atoms with E-state index in [0.29, 0.717) is 17.5 Å². The predicted octanol–water partition coefficient (Wildman–Crippen LogP) is 8.48. The molecule has 4 saturated carbocycles. The van der Waals surface area contributed by atoms with Crippen LogP contribution in [0.5, 0.6) is 5.75 Å². The molecule has 1 N–H and O–H groups in total. The lowest BCUT2D eigenvalue weighted by atomic mass is 9.33. The lowest BCUT2D eigenvalue weighted by molar-refractivity contribution is -0.206. The molecule has 0 amide bonds. The van der Waals surface area contributed by atoms with E-state index in [1.807, 2.05) is 30.5 Å². The molecule has 1 heterocycles. The SMILES string of the molecule is COc1cccc(-n2cc(COC(=O)[C@]34CCC(C)(C)C[C@H]3C3=CC[C@@H]5[C@@]6(C)CC[C@H](O)C(C)(C)[C@@H]6CC[C@@]5(C)[C@]3(C)CC4)nn2)c1. The number of esters is 1. The standard InChI is InChI=1S/C40H57N3O4/c1-35(2)18-20-40(34(45)47-25-26-24-43(42-41-26)27-10-9-11-28(22-27)46-8)21-19-38(6)29(30(40)23-35)12-13-32-37(5)16-15-33(44)36(3,4)31(37)14-17-39(32,38)7/h9-12,22,24,30-33,44H,13-21,23,25H2,1-8H3/t30-,31-,32+,33-,37-,38+,39+,40-/m0/s1. The maximum atomic E-state index is 14.4. The Labute approximate surface area is 281 Å². The van der Waals surface area contributed by atoms with E-state index >= 15 is 0 Å². The average molecular weight is 644 g/mol. The van der Waals surface area contributed by atoms with Crippen LogP contribution in [0.3, 0.4) is 0 Å². The number of carbonyl (C=O) groups is 1. The summed E-state index contributed by atoms with van der Waals surface area (Å²) >= 11 is 0. The number of rotatable bonds is 5. The highest BCUT2D eigenvalue weighted by atomic mass is 16.5. The molecule has 7 rings (SSSR count). The molecule has 256 valence electrons. The lowest BCUT2D eigenvalue weighted by Crippen LogP contribution is -2.65. The molecule has 5 aliphatic rings. The number of nitrogens with zero attached hydrogens (tertiary/aromatic N) is 3. The molecule has 8 atom stereocenters. The molecule has 47 heavy (non-hydrogen) atoms. The van der Waals surface area contributed by atoms with Crippen LogP contribution < -0.4 is 4.74 Å². The van der Waals surface area contributed by atoms with Crippen LogP contribution >= 0.6 is 0 Å². The van der Waals surface area contributed by atoms with Crippen LogP contribution in [0.15, 0.2) is 42.1 Å². The van der Waals surface area contributed by atoms with Gasteiger partial charge in [0, 0.05) is 6.07 Å². The van der Waals surface area contributed by atoms with Crippen LogP contribution in [0.25, 0.3) is 5.69 Å². The molecule has 5 aliphatic carbocycles. The maximum Gasteiger partial charge on any atom is 0.313 e. The van der Waals surface area contributed by atoms with Crippen LogP contribution in [0.4, 0.5) is 0 Å². The smallest absolute Gasteiger partial charge is 0.313 e. The first-order chi connectivity index (χ1) is 22.1. The molecule has 0 saturated heterocycles. The Morgan fingerprint density at radius 1 is 0.979 bits per heavy atom. The first kappa shape index (κ1) is 32.9. The van der Waals surface area contributed by atoms with Gasteiger partial charge in [-0.1, -0.05) is 71.4 Å². The molecule has 2 aromatic rings. The van der Waals surface area contributed by atoms with E-state index in [1.165, 1.54) is 12.8 Å². The van der Waals surface area contributed by atoms with E-state index < -0.39 is 5.41 Å². The van der Waals surface area contributed by atoms with Crippen LogP contribution in [-0.2, 0) is 16.1 Å². The highest BCUT2D eigenvalue weighted by molar-refractivity contribution is 5.78. The summed E-state index contributed by atoms with van der Waals surface area (Å²) in [6.45, 7) is 17.3. The van der Waals surface area contributed by atoms with Gasteiger partial charge in [-0.2, -0.15) is 0 Å². The molecule has 0 aliphatic heterocycles.